The molecule has 126 valence electrons. The molecule has 1 rings (SSSR count). The van der Waals surface area contributed by atoms with Crippen LogP contribution in [0.1, 0.15) is 88.5 Å². The molecule has 1 aromatic heterocycles. The van der Waals surface area contributed by atoms with Crippen molar-refractivity contribution in [3.63, 3.8) is 0 Å². The largest absolute Gasteiger partial charge is 0.350 e. The number of aromatic amines is 1. The van der Waals surface area contributed by atoms with Crippen molar-refractivity contribution in [1.29, 1.82) is 0 Å². The van der Waals surface area contributed by atoms with Crippen molar-refractivity contribution >= 4 is 5.91 Å². The van der Waals surface area contributed by atoms with Gasteiger partial charge in [0, 0.05) is 19.3 Å². The van der Waals surface area contributed by atoms with Crippen molar-refractivity contribution in [2.24, 2.45) is 0 Å². The van der Waals surface area contributed by atoms with E-state index < -0.39 is 0 Å². The molecule has 0 fully saturated rings. The van der Waals surface area contributed by atoms with Gasteiger partial charge in [-0.3, -0.25) is 4.79 Å². The number of hydrogen-bond donors (Lipinski definition) is 1. The van der Waals surface area contributed by atoms with Gasteiger partial charge in [-0.15, -0.1) is 0 Å². The predicted octanol–water partition coefficient (Wildman–Crippen LogP) is 4.79. The lowest BCUT2D eigenvalue weighted by molar-refractivity contribution is 0.0744. The molecular weight excluding hydrogens is 274 g/mol. The van der Waals surface area contributed by atoms with Gasteiger partial charge in [-0.05, 0) is 12.8 Å². The van der Waals surface area contributed by atoms with Crippen LogP contribution in [0.25, 0.3) is 0 Å². The number of rotatable bonds is 13. The molecule has 0 aliphatic carbocycles. The number of carbonyl (C=O) groups is 1. The van der Waals surface area contributed by atoms with E-state index in [1.165, 1.54) is 51.4 Å². The summed E-state index contributed by atoms with van der Waals surface area (Å²) in [4.78, 5) is 21.5. The molecule has 0 unspecified atom stereocenters. The first-order chi connectivity index (χ1) is 10.8. The van der Waals surface area contributed by atoms with Crippen LogP contribution in [0.5, 0.6) is 0 Å². The molecular formula is C18H33N3O. The monoisotopic (exact) mass is 307 g/mol. The van der Waals surface area contributed by atoms with E-state index in [4.69, 9.17) is 0 Å². The standard InChI is InChI=1S/C18H33N3O/c1-3-5-7-9-11-13-21(14-12-10-8-6-4-2)18(22)17-15-19-16-20-17/h15-16H,3-14H2,1-2H3,(H,19,20). The topological polar surface area (TPSA) is 49.0 Å². The van der Waals surface area contributed by atoms with Gasteiger partial charge in [0.2, 0.25) is 0 Å². The van der Waals surface area contributed by atoms with Gasteiger partial charge in [0.1, 0.15) is 5.69 Å². The molecule has 0 atom stereocenters. The van der Waals surface area contributed by atoms with E-state index in [1.807, 2.05) is 4.90 Å². The lowest BCUT2D eigenvalue weighted by atomic mass is 10.1. The Kier molecular flexibility index (Phi) is 10.4. The zero-order chi connectivity index (χ0) is 16.0. The summed E-state index contributed by atoms with van der Waals surface area (Å²) in [5.74, 6) is 0.0761. The SMILES string of the molecule is CCCCCCCN(CCCCCCC)C(=O)c1c[nH]cn1. The number of hydrogen-bond acceptors (Lipinski definition) is 2. The van der Waals surface area contributed by atoms with E-state index in [0.717, 1.165) is 25.9 Å². The minimum absolute atomic E-state index is 0.0761. The van der Waals surface area contributed by atoms with E-state index in [-0.39, 0.29) is 5.91 Å². The summed E-state index contributed by atoms with van der Waals surface area (Å²) >= 11 is 0. The molecule has 4 nitrogen and oxygen atoms in total. The lowest BCUT2D eigenvalue weighted by Gasteiger charge is -2.22. The van der Waals surface area contributed by atoms with Crippen LogP contribution in [0.2, 0.25) is 0 Å². The van der Waals surface area contributed by atoms with Gasteiger partial charge in [-0.1, -0.05) is 65.2 Å². The van der Waals surface area contributed by atoms with Gasteiger partial charge in [-0.2, -0.15) is 0 Å². The summed E-state index contributed by atoms with van der Waals surface area (Å²) < 4.78 is 0. The van der Waals surface area contributed by atoms with Crippen LogP contribution in [-0.4, -0.2) is 33.9 Å². The second-order valence-corrected chi connectivity index (χ2v) is 6.08. The number of unbranched alkanes of at least 4 members (excludes halogenated alkanes) is 8. The molecule has 0 aliphatic rings. The van der Waals surface area contributed by atoms with Crippen LogP contribution in [0.4, 0.5) is 0 Å². The molecule has 0 spiro atoms. The highest BCUT2D eigenvalue weighted by atomic mass is 16.2. The molecule has 0 bridgehead atoms. The molecule has 1 amide bonds. The van der Waals surface area contributed by atoms with Crippen molar-refractivity contribution in [1.82, 2.24) is 14.9 Å². The Bertz CT molecular complexity index is 362. The normalized spacial score (nSPS) is 10.8. The molecule has 1 N–H and O–H groups in total. The van der Waals surface area contributed by atoms with Crippen molar-refractivity contribution in [3.05, 3.63) is 18.2 Å². The first kappa shape index (κ1) is 18.7. The van der Waals surface area contributed by atoms with E-state index in [9.17, 15) is 4.79 Å². The van der Waals surface area contributed by atoms with Crippen LogP contribution in [0.15, 0.2) is 12.5 Å². The van der Waals surface area contributed by atoms with Crippen LogP contribution < -0.4 is 0 Å². The smallest absolute Gasteiger partial charge is 0.274 e. The molecule has 0 saturated heterocycles. The molecule has 0 aromatic carbocycles. The Balaban J connectivity index is 2.37. The van der Waals surface area contributed by atoms with Crippen molar-refractivity contribution in [2.45, 2.75) is 78.1 Å². The van der Waals surface area contributed by atoms with E-state index in [0.29, 0.717) is 5.69 Å². The Morgan fingerprint density at radius 3 is 1.95 bits per heavy atom. The zero-order valence-electron chi connectivity index (χ0n) is 14.4. The van der Waals surface area contributed by atoms with Gasteiger partial charge < -0.3 is 9.88 Å². The van der Waals surface area contributed by atoms with Crippen LogP contribution in [-0.2, 0) is 0 Å². The van der Waals surface area contributed by atoms with Gasteiger partial charge in [0.05, 0.1) is 6.33 Å². The third kappa shape index (κ3) is 7.62. The number of nitrogens with one attached hydrogen (secondary N) is 1. The fourth-order valence-corrected chi connectivity index (χ4v) is 2.67. The maximum Gasteiger partial charge on any atom is 0.274 e. The van der Waals surface area contributed by atoms with Crippen molar-refractivity contribution in [2.75, 3.05) is 13.1 Å². The van der Waals surface area contributed by atoms with E-state index >= 15 is 0 Å². The summed E-state index contributed by atoms with van der Waals surface area (Å²) in [5, 5.41) is 0. The summed E-state index contributed by atoms with van der Waals surface area (Å²) in [7, 11) is 0. The third-order valence-corrected chi connectivity index (χ3v) is 4.07. The molecule has 0 radical (unpaired) electrons. The van der Waals surface area contributed by atoms with Gasteiger partial charge >= 0.3 is 0 Å². The summed E-state index contributed by atoms with van der Waals surface area (Å²) in [6.45, 7) is 6.18. The average Bonchev–Trinajstić information content (AvgIpc) is 3.06. The quantitative estimate of drug-likeness (QED) is 0.532. The molecule has 1 heterocycles. The number of aromatic nitrogens is 2. The Labute approximate surface area is 135 Å². The summed E-state index contributed by atoms with van der Waals surface area (Å²) in [6.07, 6.45) is 15.6. The van der Waals surface area contributed by atoms with Gasteiger partial charge in [0.15, 0.2) is 0 Å². The number of nitrogens with zero attached hydrogens (tertiary/aromatic N) is 2. The number of amides is 1. The Morgan fingerprint density at radius 1 is 0.955 bits per heavy atom. The zero-order valence-corrected chi connectivity index (χ0v) is 14.4. The molecule has 1 aromatic rings. The predicted molar refractivity (Wildman–Crippen MR) is 92.0 cm³/mol. The highest BCUT2D eigenvalue weighted by molar-refractivity contribution is 5.92. The molecule has 4 heteroatoms. The number of imidazole rings is 1. The minimum atomic E-state index is 0.0761. The maximum atomic E-state index is 12.5. The molecule has 22 heavy (non-hydrogen) atoms. The number of H-pyrrole nitrogens is 1. The Morgan fingerprint density at radius 2 is 1.50 bits per heavy atom. The van der Waals surface area contributed by atoms with Crippen LogP contribution in [0, 0.1) is 0 Å². The van der Waals surface area contributed by atoms with E-state index in [2.05, 4.69) is 23.8 Å². The first-order valence-electron chi connectivity index (χ1n) is 9.07. The fourth-order valence-electron chi connectivity index (χ4n) is 2.67. The number of carbonyl (C=O) groups excluding carboxylic acids is 1. The fraction of sp³-hybridized carbons (Fsp3) is 0.778. The van der Waals surface area contributed by atoms with Crippen molar-refractivity contribution in [3.8, 4) is 0 Å². The maximum absolute atomic E-state index is 12.5. The highest BCUT2D eigenvalue weighted by Gasteiger charge is 2.16. The second kappa shape index (κ2) is 12.2. The van der Waals surface area contributed by atoms with Crippen LogP contribution in [0.3, 0.4) is 0 Å². The van der Waals surface area contributed by atoms with Gasteiger partial charge in [-0.25, -0.2) is 4.98 Å². The van der Waals surface area contributed by atoms with Crippen LogP contribution >= 0.6 is 0 Å². The average molecular weight is 307 g/mol. The van der Waals surface area contributed by atoms with Crippen molar-refractivity contribution < 1.29 is 4.79 Å². The Hall–Kier alpha value is -1.32. The molecule has 0 aliphatic heterocycles. The first-order valence-corrected chi connectivity index (χ1v) is 9.07. The second-order valence-electron chi connectivity index (χ2n) is 6.08. The van der Waals surface area contributed by atoms with Gasteiger partial charge in [0.25, 0.3) is 5.91 Å². The molecule has 0 saturated carbocycles. The minimum Gasteiger partial charge on any atom is -0.350 e. The third-order valence-electron chi connectivity index (χ3n) is 4.07. The summed E-state index contributed by atoms with van der Waals surface area (Å²) in [6, 6.07) is 0. The highest BCUT2D eigenvalue weighted by Crippen LogP contribution is 2.10. The van der Waals surface area contributed by atoms with E-state index in [1.54, 1.807) is 12.5 Å². The summed E-state index contributed by atoms with van der Waals surface area (Å²) in [5.41, 5.74) is 0.544. The lowest BCUT2D eigenvalue weighted by Crippen LogP contribution is -2.33.